The lowest BCUT2D eigenvalue weighted by molar-refractivity contribution is -0.146. The standard InChI is InChI=1S/C16H17NO4/c1-21-12-5-3-2-4-11(12)17-15(18)13-9-6-7-10(8-9)14(13)16(19)20/h2-7,9-10,13-14H,8H2,1H3,(H,17,18)(H,19,20)/t9-,10-,13-,14-/m0/s1. The Morgan fingerprint density at radius 1 is 1.19 bits per heavy atom. The average molecular weight is 287 g/mol. The first kappa shape index (κ1) is 13.7. The molecule has 0 heterocycles. The van der Waals surface area contributed by atoms with Crippen molar-refractivity contribution in [3.63, 3.8) is 0 Å². The zero-order valence-corrected chi connectivity index (χ0v) is 11.7. The SMILES string of the molecule is COc1ccccc1NC(=O)[C@@H]1[C@@H](C(=O)O)[C@H]2C=C[C@H]1C2. The molecule has 4 atom stereocenters. The minimum atomic E-state index is -0.896. The van der Waals surface area contributed by atoms with Gasteiger partial charge in [0.05, 0.1) is 24.6 Å². The number of carbonyl (C=O) groups excluding carboxylic acids is 1. The number of hydrogen-bond donors (Lipinski definition) is 2. The van der Waals surface area contributed by atoms with E-state index in [9.17, 15) is 14.7 Å². The monoisotopic (exact) mass is 287 g/mol. The molecule has 0 spiro atoms. The van der Waals surface area contributed by atoms with Crippen LogP contribution in [-0.2, 0) is 9.59 Å². The summed E-state index contributed by atoms with van der Waals surface area (Å²) in [7, 11) is 1.53. The second kappa shape index (κ2) is 5.24. The van der Waals surface area contributed by atoms with Gasteiger partial charge in [-0.3, -0.25) is 9.59 Å². The van der Waals surface area contributed by atoms with E-state index in [1.807, 2.05) is 18.2 Å². The molecular weight excluding hydrogens is 270 g/mol. The fourth-order valence-corrected chi connectivity index (χ4v) is 3.48. The van der Waals surface area contributed by atoms with E-state index in [0.29, 0.717) is 11.4 Å². The van der Waals surface area contributed by atoms with Crippen LogP contribution in [-0.4, -0.2) is 24.1 Å². The van der Waals surface area contributed by atoms with Crippen LogP contribution in [0.25, 0.3) is 0 Å². The minimum absolute atomic E-state index is 0.0193. The van der Waals surface area contributed by atoms with Gasteiger partial charge in [0.1, 0.15) is 5.75 Å². The number of rotatable bonds is 4. The Morgan fingerprint density at radius 3 is 2.52 bits per heavy atom. The number of hydrogen-bond acceptors (Lipinski definition) is 3. The zero-order chi connectivity index (χ0) is 15.0. The molecule has 0 aliphatic heterocycles. The van der Waals surface area contributed by atoms with E-state index in [1.54, 1.807) is 18.2 Å². The minimum Gasteiger partial charge on any atom is -0.495 e. The Bertz CT molecular complexity index is 610. The Balaban J connectivity index is 1.82. The normalized spacial score (nSPS) is 29.4. The number of amides is 1. The molecule has 2 N–H and O–H groups in total. The van der Waals surface area contributed by atoms with Crippen LogP contribution in [0, 0.1) is 23.7 Å². The number of anilines is 1. The molecule has 5 heteroatoms. The van der Waals surface area contributed by atoms with E-state index in [4.69, 9.17) is 4.74 Å². The van der Waals surface area contributed by atoms with E-state index >= 15 is 0 Å². The number of methoxy groups -OCH3 is 1. The van der Waals surface area contributed by atoms with Crippen LogP contribution in [0.15, 0.2) is 36.4 Å². The third kappa shape index (κ3) is 2.28. The van der Waals surface area contributed by atoms with Gasteiger partial charge in [-0.1, -0.05) is 24.3 Å². The predicted molar refractivity (Wildman–Crippen MR) is 77.0 cm³/mol. The molecule has 0 aromatic heterocycles. The summed E-state index contributed by atoms with van der Waals surface area (Å²) in [4.78, 5) is 24.0. The maximum Gasteiger partial charge on any atom is 0.307 e. The van der Waals surface area contributed by atoms with Crippen LogP contribution in [0.3, 0.4) is 0 Å². The lowest BCUT2D eigenvalue weighted by Crippen LogP contribution is -2.36. The first-order chi connectivity index (χ1) is 10.1. The fourth-order valence-electron chi connectivity index (χ4n) is 3.48. The summed E-state index contributed by atoms with van der Waals surface area (Å²) in [6.07, 6.45) is 4.65. The van der Waals surface area contributed by atoms with Gasteiger partial charge in [0.2, 0.25) is 5.91 Å². The van der Waals surface area contributed by atoms with E-state index in [0.717, 1.165) is 6.42 Å². The third-order valence-electron chi connectivity index (χ3n) is 4.41. The molecule has 2 bridgehead atoms. The molecule has 0 unspecified atom stereocenters. The molecule has 110 valence electrons. The second-order valence-corrected chi connectivity index (χ2v) is 5.53. The van der Waals surface area contributed by atoms with Crippen LogP contribution >= 0.6 is 0 Å². The van der Waals surface area contributed by atoms with Crippen molar-refractivity contribution in [2.75, 3.05) is 12.4 Å². The highest BCUT2D eigenvalue weighted by Crippen LogP contribution is 2.48. The van der Waals surface area contributed by atoms with Crippen molar-refractivity contribution in [2.45, 2.75) is 6.42 Å². The second-order valence-electron chi connectivity index (χ2n) is 5.53. The molecule has 0 saturated heterocycles. The Hall–Kier alpha value is -2.30. The predicted octanol–water partition coefficient (Wildman–Crippen LogP) is 2.16. The summed E-state index contributed by atoms with van der Waals surface area (Å²) in [6, 6.07) is 7.11. The number of ether oxygens (including phenoxy) is 1. The number of fused-ring (bicyclic) bond motifs is 2. The molecule has 1 aromatic rings. The van der Waals surface area contributed by atoms with E-state index < -0.39 is 17.8 Å². The largest absolute Gasteiger partial charge is 0.495 e. The van der Waals surface area contributed by atoms with Crippen molar-refractivity contribution >= 4 is 17.6 Å². The summed E-state index contributed by atoms with van der Waals surface area (Å²) in [5.41, 5.74) is 0.570. The molecule has 2 aliphatic rings. The smallest absolute Gasteiger partial charge is 0.307 e. The van der Waals surface area contributed by atoms with Gasteiger partial charge in [0.15, 0.2) is 0 Å². The van der Waals surface area contributed by atoms with Gasteiger partial charge in [0, 0.05) is 0 Å². The summed E-state index contributed by atoms with van der Waals surface area (Å²) < 4.78 is 5.20. The number of aliphatic carboxylic acids is 1. The molecule has 1 fully saturated rings. The quantitative estimate of drug-likeness (QED) is 0.832. The lowest BCUT2D eigenvalue weighted by Gasteiger charge is -2.24. The topological polar surface area (TPSA) is 75.6 Å². The van der Waals surface area contributed by atoms with Crippen molar-refractivity contribution in [1.29, 1.82) is 0 Å². The van der Waals surface area contributed by atoms with E-state index in [1.165, 1.54) is 7.11 Å². The molecule has 1 amide bonds. The molecule has 2 aliphatic carbocycles. The number of para-hydroxylation sites is 2. The molecular formula is C16H17NO4. The van der Waals surface area contributed by atoms with Crippen LogP contribution < -0.4 is 10.1 Å². The van der Waals surface area contributed by atoms with Crippen LogP contribution in [0.1, 0.15) is 6.42 Å². The molecule has 3 rings (SSSR count). The highest BCUT2D eigenvalue weighted by atomic mass is 16.5. The Morgan fingerprint density at radius 2 is 1.86 bits per heavy atom. The van der Waals surface area contributed by atoms with Crippen LogP contribution in [0.4, 0.5) is 5.69 Å². The van der Waals surface area contributed by atoms with Gasteiger partial charge >= 0.3 is 5.97 Å². The first-order valence-electron chi connectivity index (χ1n) is 6.97. The fraction of sp³-hybridized carbons (Fsp3) is 0.375. The number of carboxylic acid groups (broad SMARTS) is 1. The van der Waals surface area contributed by atoms with Gasteiger partial charge in [0.25, 0.3) is 0 Å². The van der Waals surface area contributed by atoms with Gasteiger partial charge in [-0.15, -0.1) is 0 Å². The first-order valence-corrected chi connectivity index (χ1v) is 6.97. The number of nitrogens with one attached hydrogen (secondary N) is 1. The average Bonchev–Trinajstić information content (AvgIpc) is 3.08. The highest BCUT2D eigenvalue weighted by Gasteiger charge is 2.51. The number of carboxylic acids is 1. The van der Waals surface area contributed by atoms with Crippen molar-refractivity contribution < 1.29 is 19.4 Å². The number of allylic oxidation sites excluding steroid dienone is 2. The lowest BCUT2D eigenvalue weighted by atomic mass is 9.82. The van der Waals surface area contributed by atoms with E-state index in [2.05, 4.69) is 5.32 Å². The summed E-state index contributed by atoms with van der Waals surface area (Å²) >= 11 is 0. The number of carbonyl (C=O) groups is 2. The Labute approximate surface area is 122 Å². The van der Waals surface area contributed by atoms with Crippen molar-refractivity contribution in [3.05, 3.63) is 36.4 Å². The van der Waals surface area contributed by atoms with Crippen molar-refractivity contribution in [2.24, 2.45) is 23.7 Å². The van der Waals surface area contributed by atoms with Crippen molar-refractivity contribution in [1.82, 2.24) is 0 Å². The molecule has 1 saturated carbocycles. The summed E-state index contributed by atoms with van der Waals surface area (Å²) in [5, 5.41) is 12.2. The molecule has 1 aromatic carbocycles. The summed E-state index contributed by atoms with van der Waals surface area (Å²) in [6.45, 7) is 0. The van der Waals surface area contributed by atoms with Gasteiger partial charge in [-0.2, -0.15) is 0 Å². The van der Waals surface area contributed by atoms with Gasteiger partial charge < -0.3 is 15.2 Å². The summed E-state index contributed by atoms with van der Waals surface area (Å²) in [5.74, 6) is -1.73. The van der Waals surface area contributed by atoms with Crippen molar-refractivity contribution in [3.8, 4) is 5.75 Å². The Kier molecular flexibility index (Phi) is 3.41. The third-order valence-corrected chi connectivity index (χ3v) is 4.41. The van der Waals surface area contributed by atoms with Crippen LogP contribution in [0.2, 0.25) is 0 Å². The molecule has 5 nitrogen and oxygen atoms in total. The molecule has 0 radical (unpaired) electrons. The highest BCUT2D eigenvalue weighted by molar-refractivity contribution is 5.97. The maximum absolute atomic E-state index is 12.5. The van der Waals surface area contributed by atoms with Gasteiger partial charge in [-0.05, 0) is 30.4 Å². The van der Waals surface area contributed by atoms with Gasteiger partial charge in [-0.25, -0.2) is 0 Å². The molecule has 21 heavy (non-hydrogen) atoms. The van der Waals surface area contributed by atoms with E-state index in [-0.39, 0.29) is 17.7 Å². The van der Waals surface area contributed by atoms with Crippen LogP contribution in [0.5, 0.6) is 5.75 Å². The maximum atomic E-state index is 12.5. The zero-order valence-electron chi connectivity index (χ0n) is 11.7. The number of benzene rings is 1.